The zero-order valence-electron chi connectivity index (χ0n) is 17.0. The molecule has 150 valence electrons. The van der Waals surface area contributed by atoms with E-state index in [-0.39, 0.29) is 12.0 Å². The maximum Gasteiger partial charge on any atom is 0.251 e. The Balaban J connectivity index is 1.45. The van der Waals surface area contributed by atoms with Gasteiger partial charge < -0.3 is 19.9 Å². The van der Waals surface area contributed by atoms with Crippen molar-refractivity contribution in [2.45, 2.75) is 39.7 Å². The molecule has 6 heteroatoms. The number of carbonyl (C=O) groups excluding carboxylic acids is 1. The molecule has 0 aliphatic carbocycles. The number of amides is 1. The van der Waals surface area contributed by atoms with Crippen molar-refractivity contribution in [1.82, 2.24) is 15.2 Å². The van der Waals surface area contributed by atoms with E-state index in [1.807, 2.05) is 6.07 Å². The van der Waals surface area contributed by atoms with Gasteiger partial charge in [-0.25, -0.2) is 4.98 Å². The number of likely N-dealkylation sites (tertiary alicyclic amines) is 1. The predicted octanol–water partition coefficient (Wildman–Crippen LogP) is 2.40. The first-order valence-corrected chi connectivity index (χ1v) is 10.3. The van der Waals surface area contributed by atoms with Gasteiger partial charge in [0.05, 0.1) is 12.7 Å². The minimum atomic E-state index is -0.0136. The van der Waals surface area contributed by atoms with Gasteiger partial charge in [-0.2, -0.15) is 0 Å². The maximum atomic E-state index is 12.5. The van der Waals surface area contributed by atoms with Crippen LogP contribution in [0.4, 0.5) is 5.82 Å². The molecule has 2 aliphatic rings. The van der Waals surface area contributed by atoms with Crippen LogP contribution in [0.2, 0.25) is 0 Å². The Morgan fingerprint density at radius 3 is 2.78 bits per heavy atom. The molecule has 3 atom stereocenters. The Morgan fingerprint density at radius 2 is 2.04 bits per heavy atom. The second-order valence-corrected chi connectivity index (χ2v) is 8.35. The number of piperidine rings is 1. The number of rotatable bonds is 6. The number of hydrogen-bond acceptors (Lipinski definition) is 5. The van der Waals surface area contributed by atoms with E-state index in [1.54, 1.807) is 12.3 Å². The molecule has 27 heavy (non-hydrogen) atoms. The van der Waals surface area contributed by atoms with Crippen LogP contribution < -0.4 is 10.2 Å². The van der Waals surface area contributed by atoms with E-state index in [9.17, 15) is 4.79 Å². The summed E-state index contributed by atoms with van der Waals surface area (Å²) in [6.45, 7) is 13.2. The van der Waals surface area contributed by atoms with Crippen molar-refractivity contribution in [3.8, 4) is 0 Å². The second kappa shape index (κ2) is 9.51. The lowest BCUT2D eigenvalue weighted by molar-refractivity contribution is 0.0529. The molecular formula is C21H34N4O2. The SMILES string of the molecule is C[C@@H]1C[C@H](C)CN(CCCNC(=O)c2ccnc(N3CCO[C@@H](C)C3)c2)C1. The number of ether oxygens (including phenoxy) is 1. The first kappa shape index (κ1) is 20.1. The van der Waals surface area contributed by atoms with Crippen LogP contribution >= 0.6 is 0 Å². The molecule has 2 fully saturated rings. The Bertz CT molecular complexity index is 614. The van der Waals surface area contributed by atoms with E-state index >= 15 is 0 Å². The number of nitrogens with one attached hydrogen (secondary N) is 1. The lowest BCUT2D eigenvalue weighted by Crippen LogP contribution is -2.41. The van der Waals surface area contributed by atoms with Gasteiger partial charge in [0.2, 0.25) is 0 Å². The highest BCUT2D eigenvalue weighted by molar-refractivity contribution is 5.94. The Hall–Kier alpha value is -1.66. The highest BCUT2D eigenvalue weighted by atomic mass is 16.5. The van der Waals surface area contributed by atoms with Crippen LogP contribution in [0.3, 0.4) is 0 Å². The normalized spacial score (nSPS) is 26.8. The molecule has 1 aromatic heterocycles. The number of aromatic nitrogens is 1. The molecule has 6 nitrogen and oxygen atoms in total. The first-order valence-electron chi connectivity index (χ1n) is 10.3. The van der Waals surface area contributed by atoms with Crippen LogP contribution in [-0.2, 0) is 4.74 Å². The van der Waals surface area contributed by atoms with Gasteiger partial charge in [-0.1, -0.05) is 13.8 Å². The molecule has 2 saturated heterocycles. The summed E-state index contributed by atoms with van der Waals surface area (Å²) in [5.74, 6) is 2.40. The summed E-state index contributed by atoms with van der Waals surface area (Å²) < 4.78 is 5.58. The summed E-state index contributed by atoms with van der Waals surface area (Å²) >= 11 is 0. The number of morpholine rings is 1. The fourth-order valence-corrected chi connectivity index (χ4v) is 4.34. The van der Waals surface area contributed by atoms with Gasteiger partial charge in [-0.15, -0.1) is 0 Å². The summed E-state index contributed by atoms with van der Waals surface area (Å²) in [6, 6.07) is 3.68. The number of nitrogens with zero attached hydrogens (tertiary/aromatic N) is 3. The zero-order chi connectivity index (χ0) is 19.2. The van der Waals surface area contributed by atoms with E-state index < -0.39 is 0 Å². The molecule has 1 aromatic rings. The third-order valence-corrected chi connectivity index (χ3v) is 5.45. The van der Waals surface area contributed by atoms with Crippen LogP contribution in [0.5, 0.6) is 0 Å². The molecule has 3 rings (SSSR count). The molecule has 0 aromatic carbocycles. The number of pyridine rings is 1. The highest BCUT2D eigenvalue weighted by Crippen LogP contribution is 2.21. The summed E-state index contributed by atoms with van der Waals surface area (Å²) in [7, 11) is 0. The number of carbonyl (C=O) groups is 1. The largest absolute Gasteiger partial charge is 0.375 e. The Kier molecular flexibility index (Phi) is 7.07. The Morgan fingerprint density at radius 1 is 1.26 bits per heavy atom. The average molecular weight is 375 g/mol. The van der Waals surface area contributed by atoms with Crippen LogP contribution in [-0.4, -0.2) is 67.8 Å². The molecule has 3 heterocycles. The summed E-state index contributed by atoms with van der Waals surface area (Å²) in [5.41, 5.74) is 0.680. The molecule has 0 saturated carbocycles. The fourth-order valence-electron chi connectivity index (χ4n) is 4.34. The van der Waals surface area contributed by atoms with Gasteiger partial charge in [-0.3, -0.25) is 4.79 Å². The molecule has 1 N–H and O–H groups in total. The van der Waals surface area contributed by atoms with Gasteiger partial charge in [0.25, 0.3) is 5.91 Å². The lowest BCUT2D eigenvalue weighted by Gasteiger charge is -2.34. The third-order valence-electron chi connectivity index (χ3n) is 5.45. The number of hydrogen-bond donors (Lipinski definition) is 1. The highest BCUT2D eigenvalue weighted by Gasteiger charge is 2.21. The quantitative estimate of drug-likeness (QED) is 0.775. The van der Waals surface area contributed by atoms with Crippen molar-refractivity contribution < 1.29 is 9.53 Å². The van der Waals surface area contributed by atoms with Gasteiger partial charge in [0.1, 0.15) is 5.82 Å². The average Bonchev–Trinajstić information content (AvgIpc) is 2.64. The van der Waals surface area contributed by atoms with Crippen molar-refractivity contribution in [1.29, 1.82) is 0 Å². The molecule has 0 bridgehead atoms. The second-order valence-electron chi connectivity index (χ2n) is 8.35. The van der Waals surface area contributed by atoms with Crippen LogP contribution in [0.1, 0.15) is 44.0 Å². The summed E-state index contributed by atoms with van der Waals surface area (Å²) in [5, 5.41) is 3.06. The van der Waals surface area contributed by atoms with Crippen LogP contribution in [0.15, 0.2) is 18.3 Å². The molecule has 2 aliphatic heterocycles. The smallest absolute Gasteiger partial charge is 0.251 e. The van der Waals surface area contributed by atoms with Gasteiger partial charge in [0, 0.05) is 44.5 Å². The van der Waals surface area contributed by atoms with Crippen molar-refractivity contribution in [3.63, 3.8) is 0 Å². The maximum absolute atomic E-state index is 12.5. The minimum absolute atomic E-state index is 0.0136. The number of anilines is 1. The standard InChI is InChI=1S/C21H34N4O2/c1-16-11-17(2)14-24(13-16)8-4-6-23-21(26)19-5-7-22-20(12-19)25-9-10-27-18(3)15-25/h5,7,12,16-18H,4,6,8-11,13-15H2,1-3H3,(H,23,26)/t16-,17+,18-/m0/s1. The lowest BCUT2D eigenvalue weighted by atomic mass is 9.92. The van der Waals surface area contributed by atoms with Crippen molar-refractivity contribution in [2.24, 2.45) is 11.8 Å². The zero-order valence-corrected chi connectivity index (χ0v) is 17.0. The van der Waals surface area contributed by atoms with Gasteiger partial charge >= 0.3 is 0 Å². The van der Waals surface area contributed by atoms with E-state index in [1.165, 1.54) is 19.5 Å². The van der Waals surface area contributed by atoms with E-state index in [2.05, 4.69) is 40.9 Å². The monoisotopic (exact) mass is 374 g/mol. The van der Waals surface area contributed by atoms with Crippen molar-refractivity contribution >= 4 is 11.7 Å². The summed E-state index contributed by atoms with van der Waals surface area (Å²) in [4.78, 5) is 21.7. The molecule has 1 amide bonds. The van der Waals surface area contributed by atoms with Crippen LogP contribution in [0, 0.1) is 11.8 Å². The fraction of sp³-hybridized carbons (Fsp3) is 0.714. The van der Waals surface area contributed by atoms with E-state index in [0.29, 0.717) is 18.7 Å². The van der Waals surface area contributed by atoms with E-state index in [4.69, 9.17) is 4.74 Å². The van der Waals surface area contributed by atoms with Crippen molar-refractivity contribution in [3.05, 3.63) is 23.9 Å². The van der Waals surface area contributed by atoms with Crippen LogP contribution in [0.25, 0.3) is 0 Å². The molecule has 0 unspecified atom stereocenters. The third kappa shape index (κ3) is 5.91. The van der Waals surface area contributed by atoms with Gasteiger partial charge in [-0.05, 0) is 50.3 Å². The predicted molar refractivity (Wildman–Crippen MR) is 108 cm³/mol. The first-order chi connectivity index (χ1) is 13.0. The minimum Gasteiger partial charge on any atom is -0.375 e. The summed E-state index contributed by atoms with van der Waals surface area (Å²) in [6.07, 6.45) is 4.24. The topological polar surface area (TPSA) is 57.7 Å². The molecular weight excluding hydrogens is 340 g/mol. The Labute approximate surface area is 163 Å². The van der Waals surface area contributed by atoms with Gasteiger partial charge in [0.15, 0.2) is 0 Å². The molecule has 0 spiro atoms. The molecule has 0 radical (unpaired) electrons. The van der Waals surface area contributed by atoms with Crippen molar-refractivity contribution in [2.75, 3.05) is 50.8 Å². The van der Waals surface area contributed by atoms with E-state index in [0.717, 1.165) is 43.7 Å².